The molecule has 0 unspecified atom stereocenters. The molecule has 2 aliphatic rings. The largest absolute Gasteiger partial charge is 0.303 e. The summed E-state index contributed by atoms with van der Waals surface area (Å²) in [4.78, 5) is 38.5. The molecule has 7 heteroatoms. The highest BCUT2D eigenvalue weighted by Gasteiger charge is 2.40. The van der Waals surface area contributed by atoms with Gasteiger partial charge in [0.25, 0.3) is 17.1 Å². The van der Waals surface area contributed by atoms with Crippen LogP contribution in [0.15, 0.2) is 47.4 Å². The fraction of sp³-hybridized carbons (Fsp3) is 0.105. The molecule has 0 aromatic heterocycles. The van der Waals surface area contributed by atoms with Gasteiger partial charge in [0.2, 0.25) is 0 Å². The highest BCUT2D eigenvalue weighted by Crippen LogP contribution is 2.44. The van der Waals surface area contributed by atoms with Gasteiger partial charge in [-0.05, 0) is 42.4 Å². The number of carbonyl (C=O) groups excluding carboxylic acids is 3. The number of halogens is 1. The van der Waals surface area contributed by atoms with Gasteiger partial charge in [0.1, 0.15) is 0 Å². The Hall–Kier alpha value is -2.57. The Labute approximate surface area is 159 Å². The number of fused-ring (bicyclic) bond motifs is 1. The summed E-state index contributed by atoms with van der Waals surface area (Å²) < 4.78 is 0. The van der Waals surface area contributed by atoms with E-state index in [1.165, 1.54) is 0 Å². The Morgan fingerprint density at radius 3 is 2.46 bits per heavy atom. The van der Waals surface area contributed by atoms with E-state index in [0.717, 1.165) is 22.9 Å². The van der Waals surface area contributed by atoms with Crippen molar-refractivity contribution in [1.82, 2.24) is 5.32 Å². The van der Waals surface area contributed by atoms with Crippen molar-refractivity contribution in [2.45, 2.75) is 13.5 Å². The zero-order chi connectivity index (χ0) is 18.4. The van der Waals surface area contributed by atoms with E-state index in [1.807, 2.05) is 31.2 Å². The van der Waals surface area contributed by atoms with Crippen LogP contribution >= 0.6 is 23.4 Å². The molecular weight excluding hydrogens is 372 g/mol. The van der Waals surface area contributed by atoms with Gasteiger partial charge in [-0.2, -0.15) is 0 Å². The lowest BCUT2D eigenvalue weighted by Crippen LogP contribution is -2.26. The molecule has 0 aliphatic carbocycles. The lowest BCUT2D eigenvalue weighted by atomic mass is 10.1. The first kappa shape index (κ1) is 16.9. The molecule has 5 nitrogen and oxygen atoms in total. The van der Waals surface area contributed by atoms with Crippen molar-refractivity contribution in [2.75, 3.05) is 4.90 Å². The molecule has 130 valence electrons. The first-order valence-electron chi connectivity index (χ1n) is 7.89. The number of imide groups is 1. The molecule has 2 aromatic carbocycles. The van der Waals surface area contributed by atoms with Gasteiger partial charge in [-0.1, -0.05) is 41.4 Å². The molecule has 1 fully saturated rings. The number of nitrogens with zero attached hydrogens (tertiary/aromatic N) is 1. The highest BCUT2D eigenvalue weighted by atomic mass is 35.5. The van der Waals surface area contributed by atoms with Gasteiger partial charge in [-0.15, -0.1) is 0 Å². The number of benzene rings is 2. The van der Waals surface area contributed by atoms with Crippen LogP contribution in [0.4, 0.5) is 10.5 Å². The summed E-state index contributed by atoms with van der Waals surface area (Å²) in [5, 5.41) is 2.18. The van der Waals surface area contributed by atoms with Crippen molar-refractivity contribution >= 4 is 51.7 Å². The van der Waals surface area contributed by atoms with Gasteiger partial charge in [0, 0.05) is 10.6 Å². The quantitative estimate of drug-likeness (QED) is 0.798. The second-order valence-electron chi connectivity index (χ2n) is 6.09. The minimum absolute atomic E-state index is 0.120. The fourth-order valence-corrected chi connectivity index (χ4v) is 3.98. The van der Waals surface area contributed by atoms with Crippen molar-refractivity contribution in [3.05, 3.63) is 69.1 Å². The van der Waals surface area contributed by atoms with E-state index in [2.05, 4.69) is 5.32 Å². The van der Waals surface area contributed by atoms with Gasteiger partial charge in [0.05, 0.1) is 22.7 Å². The highest BCUT2D eigenvalue weighted by molar-refractivity contribution is 8.18. The number of carbonyl (C=O) groups is 3. The predicted molar refractivity (Wildman–Crippen MR) is 102 cm³/mol. The number of hydrogen-bond acceptors (Lipinski definition) is 4. The van der Waals surface area contributed by atoms with E-state index in [1.54, 1.807) is 23.1 Å². The van der Waals surface area contributed by atoms with Crippen LogP contribution in [0.3, 0.4) is 0 Å². The Morgan fingerprint density at radius 1 is 1.08 bits per heavy atom. The van der Waals surface area contributed by atoms with Gasteiger partial charge in [-0.3, -0.25) is 19.7 Å². The molecular formula is C19H13ClN2O3S. The third kappa shape index (κ3) is 2.81. The van der Waals surface area contributed by atoms with E-state index in [-0.39, 0.29) is 16.4 Å². The molecule has 2 aliphatic heterocycles. The smallest absolute Gasteiger partial charge is 0.290 e. The number of rotatable bonds is 2. The average Bonchev–Trinajstić information content (AvgIpc) is 3.05. The summed E-state index contributed by atoms with van der Waals surface area (Å²) in [5.74, 6) is -0.860. The molecule has 0 saturated carbocycles. The Kier molecular flexibility index (Phi) is 4.09. The second kappa shape index (κ2) is 6.30. The van der Waals surface area contributed by atoms with Crippen LogP contribution in [0.1, 0.15) is 16.7 Å². The van der Waals surface area contributed by atoms with Crippen LogP contribution in [0.5, 0.6) is 0 Å². The van der Waals surface area contributed by atoms with Crippen molar-refractivity contribution in [3.8, 4) is 0 Å². The molecule has 1 N–H and O–H groups in total. The molecule has 0 bridgehead atoms. The van der Waals surface area contributed by atoms with Crippen LogP contribution < -0.4 is 10.2 Å². The van der Waals surface area contributed by atoms with Crippen LogP contribution in [0.2, 0.25) is 5.02 Å². The molecule has 2 aromatic rings. The maximum Gasteiger partial charge on any atom is 0.290 e. The lowest BCUT2D eigenvalue weighted by molar-refractivity contribution is -0.116. The third-order valence-electron chi connectivity index (χ3n) is 4.28. The Morgan fingerprint density at radius 2 is 1.81 bits per heavy atom. The first-order valence-corrected chi connectivity index (χ1v) is 9.08. The monoisotopic (exact) mass is 384 g/mol. The average molecular weight is 385 g/mol. The number of hydrogen-bond donors (Lipinski definition) is 1. The van der Waals surface area contributed by atoms with Crippen molar-refractivity contribution in [3.63, 3.8) is 0 Å². The van der Waals surface area contributed by atoms with E-state index < -0.39 is 11.1 Å². The summed E-state index contributed by atoms with van der Waals surface area (Å²) in [6.45, 7) is 2.36. The summed E-state index contributed by atoms with van der Waals surface area (Å²) in [6.07, 6.45) is 0. The Bertz CT molecular complexity index is 998. The minimum atomic E-state index is -0.550. The van der Waals surface area contributed by atoms with Gasteiger partial charge in [0.15, 0.2) is 0 Å². The van der Waals surface area contributed by atoms with E-state index in [9.17, 15) is 14.4 Å². The standard InChI is InChI=1S/C19H13ClN2O3S/c1-10-2-4-11(5-3-10)9-22-14-7-6-12(20)8-13(14)15(18(22)24)16-17(23)21-19(25)26-16/h2-8H,9H2,1H3,(H,21,23,25)/b16-15-. The number of thioether (sulfide) groups is 1. The molecule has 2 heterocycles. The van der Waals surface area contributed by atoms with E-state index >= 15 is 0 Å². The van der Waals surface area contributed by atoms with Crippen LogP contribution in [-0.4, -0.2) is 17.1 Å². The number of amides is 3. The van der Waals surface area contributed by atoms with Crippen molar-refractivity contribution in [1.29, 1.82) is 0 Å². The van der Waals surface area contributed by atoms with Crippen LogP contribution in [0, 0.1) is 6.92 Å². The minimum Gasteiger partial charge on any atom is -0.303 e. The van der Waals surface area contributed by atoms with Crippen molar-refractivity contribution < 1.29 is 14.4 Å². The molecule has 4 rings (SSSR count). The third-order valence-corrected chi connectivity index (χ3v) is 5.40. The molecule has 1 saturated heterocycles. The number of aryl methyl sites for hydroxylation is 1. The van der Waals surface area contributed by atoms with Crippen LogP contribution in [-0.2, 0) is 16.1 Å². The number of nitrogens with one attached hydrogen (secondary N) is 1. The SMILES string of the molecule is Cc1ccc(CN2C(=O)/C(=C3\SC(=O)NC3=O)c3cc(Cl)ccc32)cc1. The molecule has 26 heavy (non-hydrogen) atoms. The zero-order valence-corrected chi connectivity index (χ0v) is 15.3. The maximum absolute atomic E-state index is 13.1. The molecule has 3 amide bonds. The maximum atomic E-state index is 13.1. The predicted octanol–water partition coefficient (Wildman–Crippen LogP) is 3.89. The van der Waals surface area contributed by atoms with E-state index in [0.29, 0.717) is 22.8 Å². The molecule has 0 atom stereocenters. The Balaban J connectivity index is 1.82. The van der Waals surface area contributed by atoms with Gasteiger partial charge in [-0.25, -0.2) is 0 Å². The van der Waals surface area contributed by atoms with Gasteiger partial charge >= 0.3 is 0 Å². The summed E-state index contributed by atoms with van der Waals surface area (Å²) in [6, 6.07) is 13.0. The lowest BCUT2D eigenvalue weighted by Gasteiger charge is -2.17. The molecule has 0 spiro atoms. The summed E-state index contributed by atoms with van der Waals surface area (Å²) >= 11 is 6.85. The molecule has 0 radical (unpaired) electrons. The number of anilines is 1. The topological polar surface area (TPSA) is 66.5 Å². The normalized spacial score (nSPS) is 19.2. The van der Waals surface area contributed by atoms with Crippen LogP contribution in [0.25, 0.3) is 5.57 Å². The second-order valence-corrected chi connectivity index (χ2v) is 7.51. The van der Waals surface area contributed by atoms with Crippen molar-refractivity contribution in [2.24, 2.45) is 0 Å². The van der Waals surface area contributed by atoms with Gasteiger partial charge < -0.3 is 4.90 Å². The van der Waals surface area contributed by atoms with E-state index in [4.69, 9.17) is 11.6 Å². The first-order chi connectivity index (χ1) is 12.4. The zero-order valence-electron chi connectivity index (χ0n) is 13.7. The fourth-order valence-electron chi connectivity index (χ4n) is 3.03. The summed E-state index contributed by atoms with van der Waals surface area (Å²) in [5.41, 5.74) is 3.57. The summed E-state index contributed by atoms with van der Waals surface area (Å²) in [7, 11) is 0.